The van der Waals surface area contributed by atoms with Crippen molar-refractivity contribution in [2.24, 2.45) is 5.84 Å². The largest absolute Gasteiger partial charge is 0.461 e. The molecule has 0 spiro atoms. The fraction of sp³-hybridized carbons (Fsp3) is 0.667. The average Bonchev–Trinajstić information content (AvgIpc) is 2.14. The summed E-state index contributed by atoms with van der Waals surface area (Å²) in [6.07, 6.45) is -0.0557. The molecular formula is C9H17N5O2. The van der Waals surface area contributed by atoms with E-state index in [4.69, 9.17) is 15.3 Å². The molecule has 90 valence electrons. The maximum absolute atomic E-state index is 5.34. The lowest BCUT2D eigenvalue weighted by atomic mass is 10.5. The Bertz CT molecular complexity index is 314. The van der Waals surface area contributed by atoms with Crippen molar-refractivity contribution in [3.8, 4) is 12.0 Å². The second-order valence-electron chi connectivity index (χ2n) is 3.70. The zero-order valence-corrected chi connectivity index (χ0v) is 9.89. The molecule has 1 aromatic heterocycles. The van der Waals surface area contributed by atoms with Crippen LogP contribution in [0.2, 0.25) is 0 Å². The van der Waals surface area contributed by atoms with Gasteiger partial charge in [0, 0.05) is 0 Å². The summed E-state index contributed by atoms with van der Waals surface area (Å²) >= 11 is 0. The molecule has 0 radical (unpaired) electrons. The Morgan fingerprint density at radius 2 is 1.38 bits per heavy atom. The molecule has 0 saturated heterocycles. The minimum Gasteiger partial charge on any atom is -0.461 e. The van der Waals surface area contributed by atoms with E-state index in [0.717, 1.165) is 0 Å². The summed E-state index contributed by atoms with van der Waals surface area (Å²) in [7, 11) is 0. The topological polar surface area (TPSA) is 95.2 Å². The SMILES string of the molecule is CC(C)Oc1nc(NN)nc(OC(C)C)n1. The van der Waals surface area contributed by atoms with Crippen molar-refractivity contribution in [2.45, 2.75) is 39.9 Å². The van der Waals surface area contributed by atoms with Crippen LogP contribution in [-0.2, 0) is 0 Å². The zero-order valence-electron chi connectivity index (χ0n) is 9.89. The molecule has 7 nitrogen and oxygen atoms in total. The Hall–Kier alpha value is -1.63. The Morgan fingerprint density at radius 1 is 0.938 bits per heavy atom. The van der Waals surface area contributed by atoms with Gasteiger partial charge in [0.05, 0.1) is 12.2 Å². The lowest BCUT2D eigenvalue weighted by molar-refractivity contribution is 0.197. The highest BCUT2D eigenvalue weighted by atomic mass is 16.5. The van der Waals surface area contributed by atoms with Crippen LogP contribution in [0.25, 0.3) is 0 Å². The van der Waals surface area contributed by atoms with E-state index in [9.17, 15) is 0 Å². The second-order valence-corrected chi connectivity index (χ2v) is 3.70. The summed E-state index contributed by atoms with van der Waals surface area (Å²) in [6.45, 7) is 7.51. The number of anilines is 1. The fourth-order valence-electron chi connectivity index (χ4n) is 0.930. The van der Waals surface area contributed by atoms with Crippen molar-refractivity contribution in [3.05, 3.63) is 0 Å². The van der Waals surface area contributed by atoms with Gasteiger partial charge in [-0.2, -0.15) is 9.97 Å². The van der Waals surface area contributed by atoms with E-state index in [1.165, 1.54) is 0 Å². The number of aromatic nitrogens is 3. The Balaban J connectivity index is 2.91. The smallest absolute Gasteiger partial charge is 0.324 e. The normalized spacial score (nSPS) is 10.7. The molecule has 0 bridgehead atoms. The minimum absolute atomic E-state index is 0.0278. The van der Waals surface area contributed by atoms with E-state index in [0.29, 0.717) is 0 Å². The van der Waals surface area contributed by atoms with Gasteiger partial charge in [0.2, 0.25) is 5.95 Å². The van der Waals surface area contributed by atoms with Crippen LogP contribution >= 0.6 is 0 Å². The number of rotatable bonds is 5. The molecule has 1 heterocycles. The van der Waals surface area contributed by atoms with Crippen LogP contribution in [0, 0.1) is 0 Å². The van der Waals surface area contributed by atoms with Gasteiger partial charge in [0.25, 0.3) is 0 Å². The van der Waals surface area contributed by atoms with E-state index < -0.39 is 0 Å². The van der Waals surface area contributed by atoms with Crippen molar-refractivity contribution >= 4 is 5.95 Å². The van der Waals surface area contributed by atoms with E-state index in [1.54, 1.807) is 0 Å². The molecule has 1 aromatic rings. The van der Waals surface area contributed by atoms with Gasteiger partial charge in [-0.3, -0.25) is 5.43 Å². The van der Waals surface area contributed by atoms with Gasteiger partial charge in [-0.15, -0.1) is 4.98 Å². The molecule has 0 fully saturated rings. The number of ether oxygens (including phenoxy) is 2. The fourth-order valence-corrected chi connectivity index (χ4v) is 0.930. The Kier molecular flexibility index (Phi) is 4.24. The molecule has 0 aliphatic heterocycles. The van der Waals surface area contributed by atoms with Crippen LogP contribution in [0.15, 0.2) is 0 Å². The molecule has 0 atom stereocenters. The number of hydrazine groups is 1. The van der Waals surface area contributed by atoms with Crippen molar-refractivity contribution in [1.82, 2.24) is 15.0 Å². The van der Waals surface area contributed by atoms with Crippen molar-refractivity contribution in [3.63, 3.8) is 0 Å². The summed E-state index contributed by atoms with van der Waals surface area (Å²) in [5, 5.41) is 0. The monoisotopic (exact) mass is 227 g/mol. The second kappa shape index (κ2) is 5.45. The minimum atomic E-state index is -0.0278. The number of nitrogen functional groups attached to an aromatic ring is 1. The molecule has 0 aliphatic rings. The first kappa shape index (κ1) is 12.4. The van der Waals surface area contributed by atoms with Gasteiger partial charge in [0.1, 0.15) is 0 Å². The van der Waals surface area contributed by atoms with Crippen LogP contribution in [0.4, 0.5) is 5.95 Å². The van der Waals surface area contributed by atoms with Crippen molar-refractivity contribution in [2.75, 3.05) is 5.43 Å². The number of hydrogen-bond donors (Lipinski definition) is 2. The summed E-state index contributed by atoms with van der Waals surface area (Å²) in [5.41, 5.74) is 2.33. The number of hydrogen-bond acceptors (Lipinski definition) is 7. The first-order chi connectivity index (χ1) is 7.51. The molecule has 0 saturated carbocycles. The Morgan fingerprint density at radius 3 is 1.69 bits per heavy atom. The Labute approximate surface area is 94.4 Å². The standard InChI is InChI=1S/C9H17N5O2/c1-5(2)15-8-11-7(14-10)12-9(13-8)16-6(3)4/h5-6H,10H2,1-4H3,(H,11,12,13,14). The molecule has 7 heteroatoms. The van der Waals surface area contributed by atoms with E-state index >= 15 is 0 Å². The van der Waals surface area contributed by atoms with Gasteiger partial charge in [-0.1, -0.05) is 0 Å². The van der Waals surface area contributed by atoms with Crippen molar-refractivity contribution < 1.29 is 9.47 Å². The third-order valence-corrected chi connectivity index (χ3v) is 1.41. The first-order valence-corrected chi connectivity index (χ1v) is 5.07. The molecule has 0 amide bonds. The van der Waals surface area contributed by atoms with Gasteiger partial charge in [-0.25, -0.2) is 5.84 Å². The summed E-state index contributed by atoms with van der Waals surface area (Å²) in [5.74, 6) is 5.44. The molecule has 0 unspecified atom stereocenters. The molecular weight excluding hydrogens is 210 g/mol. The predicted molar refractivity (Wildman–Crippen MR) is 59.2 cm³/mol. The first-order valence-electron chi connectivity index (χ1n) is 5.07. The van der Waals surface area contributed by atoms with Crippen molar-refractivity contribution in [1.29, 1.82) is 0 Å². The molecule has 0 aromatic carbocycles. The van der Waals surface area contributed by atoms with Gasteiger partial charge < -0.3 is 9.47 Å². The van der Waals surface area contributed by atoms with E-state index in [2.05, 4.69) is 20.4 Å². The maximum Gasteiger partial charge on any atom is 0.324 e. The highest BCUT2D eigenvalue weighted by molar-refractivity contribution is 5.25. The summed E-state index contributed by atoms with van der Waals surface area (Å²) in [4.78, 5) is 11.9. The maximum atomic E-state index is 5.34. The average molecular weight is 227 g/mol. The van der Waals surface area contributed by atoms with E-state index in [-0.39, 0.29) is 30.2 Å². The van der Waals surface area contributed by atoms with Crippen LogP contribution in [0.5, 0.6) is 12.0 Å². The van der Waals surface area contributed by atoms with Crippen LogP contribution < -0.4 is 20.7 Å². The number of nitrogens with two attached hydrogens (primary N) is 1. The predicted octanol–water partition coefficient (Wildman–Crippen LogP) is 0.732. The molecule has 3 N–H and O–H groups in total. The molecule has 16 heavy (non-hydrogen) atoms. The molecule has 1 rings (SSSR count). The molecule has 0 aliphatic carbocycles. The number of nitrogens with zero attached hydrogens (tertiary/aromatic N) is 3. The third kappa shape index (κ3) is 3.85. The summed E-state index contributed by atoms with van der Waals surface area (Å²) < 4.78 is 10.7. The third-order valence-electron chi connectivity index (χ3n) is 1.41. The highest BCUT2D eigenvalue weighted by Crippen LogP contribution is 2.14. The quantitative estimate of drug-likeness (QED) is 0.565. The zero-order chi connectivity index (χ0) is 12.1. The lowest BCUT2D eigenvalue weighted by Crippen LogP contribution is -2.16. The lowest BCUT2D eigenvalue weighted by Gasteiger charge is -2.11. The number of nitrogens with one attached hydrogen (secondary N) is 1. The van der Waals surface area contributed by atoms with Gasteiger partial charge in [0.15, 0.2) is 0 Å². The van der Waals surface area contributed by atoms with E-state index in [1.807, 2.05) is 27.7 Å². The van der Waals surface area contributed by atoms with Crippen LogP contribution in [-0.4, -0.2) is 27.2 Å². The van der Waals surface area contributed by atoms with Gasteiger partial charge in [-0.05, 0) is 27.7 Å². The van der Waals surface area contributed by atoms with Crippen LogP contribution in [0.3, 0.4) is 0 Å². The van der Waals surface area contributed by atoms with Crippen LogP contribution in [0.1, 0.15) is 27.7 Å². The highest BCUT2D eigenvalue weighted by Gasteiger charge is 2.10. The van der Waals surface area contributed by atoms with Gasteiger partial charge >= 0.3 is 12.0 Å². The summed E-state index contributed by atoms with van der Waals surface area (Å²) in [6, 6.07) is 0.377.